The number of hydrogen-bond donors (Lipinski definition) is 0. The highest BCUT2D eigenvalue weighted by Crippen LogP contribution is 2.52. The maximum absolute atomic E-state index is 14.5. The van der Waals surface area contributed by atoms with Crippen molar-refractivity contribution < 1.29 is 23.9 Å². The van der Waals surface area contributed by atoms with Crippen molar-refractivity contribution in [3.05, 3.63) is 94.5 Å². The zero-order chi connectivity index (χ0) is 27.2. The highest BCUT2D eigenvalue weighted by atomic mass is 79.9. The van der Waals surface area contributed by atoms with Crippen LogP contribution in [0.15, 0.2) is 83.3 Å². The Balaban J connectivity index is 1.67. The van der Waals surface area contributed by atoms with Crippen LogP contribution in [0.1, 0.15) is 38.3 Å². The lowest BCUT2D eigenvalue weighted by Gasteiger charge is -2.33. The van der Waals surface area contributed by atoms with Gasteiger partial charge in [0, 0.05) is 10.9 Å². The van der Waals surface area contributed by atoms with Crippen LogP contribution >= 0.6 is 15.9 Å². The van der Waals surface area contributed by atoms with Crippen molar-refractivity contribution in [1.82, 2.24) is 0 Å². The van der Waals surface area contributed by atoms with E-state index in [1.807, 2.05) is 30.3 Å². The monoisotopic (exact) mass is 574 g/mol. The number of ether oxygens (including phenoxy) is 1. The molecule has 194 valence electrons. The van der Waals surface area contributed by atoms with Gasteiger partial charge in [-0.25, -0.2) is 9.69 Å². The van der Waals surface area contributed by atoms with E-state index in [-0.39, 0.29) is 12.8 Å². The van der Waals surface area contributed by atoms with Crippen molar-refractivity contribution >= 4 is 51.1 Å². The third-order valence-corrected chi connectivity index (χ3v) is 7.47. The highest BCUT2D eigenvalue weighted by Gasteiger charge is 2.63. The van der Waals surface area contributed by atoms with Gasteiger partial charge in [-0.2, -0.15) is 0 Å². The summed E-state index contributed by atoms with van der Waals surface area (Å²) >= 11 is 3.38. The average Bonchev–Trinajstić information content (AvgIpc) is 3.30. The van der Waals surface area contributed by atoms with E-state index >= 15 is 0 Å². The molecule has 0 aliphatic carbocycles. The standard InChI is InChI=1S/C30H27BrN2O5/c1-29(2,3)38-28(37)33-24-12-8-7-11-22(24)30(27(33)36,18-19-9-5-4-6-10-19)23-17-25(34)32(26(23)35)21-15-13-20(31)14-16-21/h4-16,23H,17-18H2,1-3H3/t23-,30-/m1/s1. The van der Waals surface area contributed by atoms with E-state index in [4.69, 9.17) is 4.74 Å². The minimum absolute atomic E-state index is 0.140. The SMILES string of the molecule is CC(C)(C)OC(=O)N1C(=O)[C@@](Cc2ccccc2)([C@@H]2CC(=O)N(c3ccc(Br)cc3)C2=O)c2ccccc21. The summed E-state index contributed by atoms with van der Waals surface area (Å²) in [5.41, 5.74) is -0.180. The van der Waals surface area contributed by atoms with Crippen LogP contribution < -0.4 is 9.80 Å². The van der Waals surface area contributed by atoms with Gasteiger partial charge in [-0.15, -0.1) is 0 Å². The molecular weight excluding hydrogens is 548 g/mol. The molecule has 8 heteroatoms. The first kappa shape index (κ1) is 25.9. The van der Waals surface area contributed by atoms with Gasteiger partial charge in [-0.3, -0.25) is 19.3 Å². The first-order valence-electron chi connectivity index (χ1n) is 12.4. The third-order valence-electron chi connectivity index (χ3n) is 6.94. The van der Waals surface area contributed by atoms with Crippen LogP contribution in [-0.4, -0.2) is 29.4 Å². The predicted molar refractivity (Wildman–Crippen MR) is 147 cm³/mol. The summed E-state index contributed by atoms with van der Waals surface area (Å²) in [7, 11) is 0. The third kappa shape index (κ3) is 4.32. The maximum atomic E-state index is 14.5. The van der Waals surface area contributed by atoms with E-state index in [2.05, 4.69) is 15.9 Å². The van der Waals surface area contributed by atoms with Gasteiger partial charge >= 0.3 is 6.09 Å². The molecule has 5 rings (SSSR count). The van der Waals surface area contributed by atoms with Gasteiger partial charge in [0.2, 0.25) is 17.7 Å². The number of rotatable bonds is 4. The fourth-order valence-corrected chi connectivity index (χ4v) is 5.65. The topological polar surface area (TPSA) is 84.0 Å². The van der Waals surface area contributed by atoms with Crippen molar-refractivity contribution in [1.29, 1.82) is 0 Å². The van der Waals surface area contributed by atoms with Crippen LogP contribution in [0.4, 0.5) is 16.2 Å². The molecule has 2 aliphatic rings. The Morgan fingerprint density at radius 3 is 2.24 bits per heavy atom. The van der Waals surface area contributed by atoms with Gasteiger partial charge in [0.25, 0.3) is 0 Å². The molecular formula is C30H27BrN2O5. The fourth-order valence-electron chi connectivity index (χ4n) is 5.39. The zero-order valence-electron chi connectivity index (χ0n) is 21.3. The van der Waals surface area contributed by atoms with Gasteiger partial charge in [0.15, 0.2) is 0 Å². The molecule has 0 bridgehead atoms. The van der Waals surface area contributed by atoms with Crippen LogP contribution in [0.25, 0.3) is 0 Å². The number of benzene rings is 3. The first-order chi connectivity index (χ1) is 18.0. The average molecular weight is 575 g/mol. The Morgan fingerprint density at radius 1 is 0.947 bits per heavy atom. The number of para-hydroxylation sites is 1. The number of imide groups is 2. The second-order valence-electron chi connectivity index (χ2n) is 10.6. The van der Waals surface area contributed by atoms with E-state index in [1.165, 1.54) is 0 Å². The summed E-state index contributed by atoms with van der Waals surface area (Å²) in [5.74, 6) is -2.45. The quantitative estimate of drug-likeness (QED) is 0.368. The predicted octanol–water partition coefficient (Wildman–Crippen LogP) is 5.79. The Morgan fingerprint density at radius 2 is 1.58 bits per heavy atom. The van der Waals surface area contributed by atoms with E-state index < -0.39 is 40.7 Å². The molecule has 3 aromatic carbocycles. The Labute approximate surface area is 229 Å². The maximum Gasteiger partial charge on any atom is 0.421 e. The number of halogens is 1. The molecule has 1 fully saturated rings. The summed E-state index contributed by atoms with van der Waals surface area (Å²) in [6.45, 7) is 5.18. The van der Waals surface area contributed by atoms with Crippen LogP contribution in [0, 0.1) is 5.92 Å². The van der Waals surface area contributed by atoms with Crippen LogP contribution in [0.5, 0.6) is 0 Å². The van der Waals surface area contributed by atoms with E-state index in [1.54, 1.807) is 69.3 Å². The van der Waals surface area contributed by atoms with Gasteiger partial charge in [-0.05, 0) is 68.7 Å². The summed E-state index contributed by atoms with van der Waals surface area (Å²) in [5, 5.41) is 0. The highest BCUT2D eigenvalue weighted by molar-refractivity contribution is 9.10. The second kappa shape index (κ2) is 9.51. The normalized spacial score (nSPS) is 21.2. The molecule has 1 saturated heterocycles. The first-order valence-corrected chi connectivity index (χ1v) is 13.2. The molecule has 0 spiro atoms. The van der Waals surface area contributed by atoms with Gasteiger partial charge in [-0.1, -0.05) is 64.5 Å². The molecule has 0 aromatic heterocycles. The Hall–Kier alpha value is -3.78. The summed E-state index contributed by atoms with van der Waals surface area (Å²) in [6.07, 6.45) is -0.836. The number of fused-ring (bicyclic) bond motifs is 1. The summed E-state index contributed by atoms with van der Waals surface area (Å²) in [4.78, 5) is 57.4. The molecule has 2 heterocycles. The van der Waals surface area contributed by atoms with Crippen molar-refractivity contribution in [2.75, 3.05) is 9.80 Å². The smallest absolute Gasteiger partial charge is 0.421 e. The molecule has 0 saturated carbocycles. The lowest BCUT2D eigenvalue weighted by molar-refractivity contribution is -0.131. The molecule has 0 N–H and O–H groups in total. The van der Waals surface area contributed by atoms with E-state index in [0.717, 1.165) is 19.8 Å². The van der Waals surface area contributed by atoms with Crippen LogP contribution in [0.2, 0.25) is 0 Å². The number of hydrogen-bond acceptors (Lipinski definition) is 5. The molecule has 3 aromatic rings. The minimum Gasteiger partial charge on any atom is -0.443 e. The largest absolute Gasteiger partial charge is 0.443 e. The van der Waals surface area contributed by atoms with Crippen molar-refractivity contribution in [3.63, 3.8) is 0 Å². The number of carbonyl (C=O) groups is 4. The Kier molecular flexibility index (Phi) is 6.47. The van der Waals surface area contributed by atoms with E-state index in [9.17, 15) is 19.2 Å². The van der Waals surface area contributed by atoms with Gasteiger partial charge in [0.1, 0.15) is 5.60 Å². The van der Waals surface area contributed by atoms with Crippen molar-refractivity contribution in [2.45, 2.75) is 44.6 Å². The Bertz CT molecular complexity index is 1430. The number of carbonyl (C=O) groups excluding carboxylic acids is 4. The number of nitrogens with zero attached hydrogens (tertiary/aromatic N) is 2. The summed E-state index contributed by atoms with van der Waals surface area (Å²) in [6, 6.07) is 23.2. The lowest BCUT2D eigenvalue weighted by Crippen LogP contribution is -2.52. The van der Waals surface area contributed by atoms with Crippen molar-refractivity contribution in [3.8, 4) is 0 Å². The molecule has 2 aliphatic heterocycles. The fraction of sp³-hybridized carbons (Fsp3) is 0.267. The minimum atomic E-state index is -1.48. The van der Waals surface area contributed by atoms with Gasteiger partial charge < -0.3 is 4.74 Å². The van der Waals surface area contributed by atoms with Gasteiger partial charge in [0.05, 0.1) is 22.7 Å². The molecule has 2 atom stereocenters. The molecule has 38 heavy (non-hydrogen) atoms. The lowest BCUT2D eigenvalue weighted by atomic mass is 9.66. The summed E-state index contributed by atoms with van der Waals surface area (Å²) < 4.78 is 6.41. The number of amides is 4. The van der Waals surface area contributed by atoms with Crippen molar-refractivity contribution in [2.24, 2.45) is 5.92 Å². The molecule has 0 unspecified atom stereocenters. The second-order valence-corrected chi connectivity index (χ2v) is 11.5. The zero-order valence-corrected chi connectivity index (χ0v) is 22.9. The van der Waals surface area contributed by atoms with Crippen LogP contribution in [0.3, 0.4) is 0 Å². The molecule has 7 nitrogen and oxygen atoms in total. The van der Waals surface area contributed by atoms with Crippen LogP contribution in [-0.2, 0) is 31.0 Å². The number of anilines is 2. The molecule has 0 radical (unpaired) electrons. The molecule has 4 amide bonds. The van der Waals surface area contributed by atoms with E-state index in [0.29, 0.717) is 16.9 Å².